The molecule has 1 heterocycles. The first kappa shape index (κ1) is 20.5. The van der Waals surface area contributed by atoms with Gasteiger partial charge in [-0.1, -0.05) is 23.5 Å². The molecule has 0 N–H and O–H groups in total. The number of fused-ring (bicyclic) bond motifs is 1. The summed E-state index contributed by atoms with van der Waals surface area (Å²) in [5, 5.41) is 0. The van der Waals surface area contributed by atoms with Crippen LogP contribution in [0, 0.1) is 5.82 Å². The van der Waals surface area contributed by atoms with Gasteiger partial charge in [-0.05, 0) is 37.3 Å². The van der Waals surface area contributed by atoms with Gasteiger partial charge >= 0.3 is 5.97 Å². The van der Waals surface area contributed by atoms with E-state index in [0.717, 1.165) is 4.70 Å². The quantitative estimate of drug-likeness (QED) is 0.552. The van der Waals surface area contributed by atoms with Crippen LogP contribution in [0.25, 0.3) is 10.2 Å². The predicted octanol–water partition coefficient (Wildman–Crippen LogP) is 2.92. The van der Waals surface area contributed by atoms with Crippen molar-refractivity contribution in [2.75, 3.05) is 20.3 Å². The number of esters is 1. The maximum Gasteiger partial charge on any atom is 0.326 e. The fraction of sp³-hybridized carbons (Fsp3) is 0.250. The highest BCUT2D eigenvalue weighted by molar-refractivity contribution is 7.16. The highest BCUT2D eigenvalue weighted by atomic mass is 32.1. The molecule has 2 aromatic carbocycles. The number of hydrogen-bond acceptors (Lipinski definition) is 6. The van der Waals surface area contributed by atoms with Gasteiger partial charge in [-0.3, -0.25) is 9.59 Å². The number of methoxy groups -OCH3 is 1. The fourth-order valence-corrected chi connectivity index (χ4v) is 3.67. The second-order valence-electron chi connectivity index (χ2n) is 5.83. The number of thiazole rings is 1. The largest absolute Gasteiger partial charge is 0.497 e. The summed E-state index contributed by atoms with van der Waals surface area (Å²) < 4.78 is 31.5. The molecule has 0 bridgehead atoms. The Morgan fingerprint density at radius 3 is 2.72 bits per heavy atom. The molecule has 0 spiro atoms. The smallest absolute Gasteiger partial charge is 0.326 e. The van der Waals surface area contributed by atoms with Gasteiger partial charge in [0.05, 0.1) is 23.9 Å². The molecule has 152 valence electrons. The number of aromatic nitrogens is 1. The second kappa shape index (κ2) is 9.33. The molecule has 0 fully saturated rings. The molecule has 0 aliphatic heterocycles. The Balaban J connectivity index is 1.92. The van der Waals surface area contributed by atoms with E-state index in [9.17, 15) is 14.0 Å². The number of para-hydroxylation sites is 1. The van der Waals surface area contributed by atoms with Crippen LogP contribution in [-0.4, -0.2) is 36.8 Å². The number of carbonyl (C=O) groups excluding carboxylic acids is 2. The summed E-state index contributed by atoms with van der Waals surface area (Å²) in [6.45, 7) is 1.43. The third-order valence-corrected chi connectivity index (χ3v) is 4.93. The van der Waals surface area contributed by atoms with Gasteiger partial charge in [0.25, 0.3) is 5.91 Å². The van der Waals surface area contributed by atoms with Crippen molar-refractivity contribution in [3.63, 3.8) is 0 Å². The monoisotopic (exact) mass is 418 g/mol. The van der Waals surface area contributed by atoms with E-state index in [-0.39, 0.29) is 18.9 Å². The summed E-state index contributed by atoms with van der Waals surface area (Å²) in [7, 11) is 1.55. The third kappa shape index (κ3) is 5.00. The van der Waals surface area contributed by atoms with Crippen molar-refractivity contribution in [3.05, 3.63) is 53.1 Å². The number of amides is 1. The second-order valence-corrected chi connectivity index (χ2v) is 6.84. The summed E-state index contributed by atoms with van der Waals surface area (Å²) in [5.41, 5.74) is 0.713. The van der Waals surface area contributed by atoms with Crippen molar-refractivity contribution >= 4 is 33.4 Å². The van der Waals surface area contributed by atoms with Crippen LogP contribution in [0.15, 0.2) is 47.5 Å². The lowest BCUT2D eigenvalue weighted by molar-refractivity contribution is -0.143. The summed E-state index contributed by atoms with van der Waals surface area (Å²) in [6.07, 6.45) is 0. The maximum atomic E-state index is 13.6. The molecule has 0 atom stereocenters. The van der Waals surface area contributed by atoms with Crippen molar-refractivity contribution in [2.24, 2.45) is 4.99 Å². The van der Waals surface area contributed by atoms with Gasteiger partial charge in [-0.2, -0.15) is 4.99 Å². The van der Waals surface area contributed by atoms with E-state index in [0.29, 0.717) is 16.1 Å². The SMILES string of the molecule is CCOC(=O)Cn1c(=NC(=O)COc2ccccc2F)sc2cc(OC)ccc21. The van der Waals surface area contributed by atoms with E-state index in [1.54, 1.807) is 42.9 Å². The van der Waals surface area contributed by atoms with Crippen LogP contribution in [0.5, 0.6) is 11.5 Å². The van der Waals surface area contributed by atoms with Crippen LogP contribution < -0.4 is 14.3 Å². The van der Waals surface area contributed by atoms with E-state index < -0.39 is 24.3 Å². The van der Waals surface area contributed by atoms with Crippen LogP contribution in [-0.2, 0) is 20.9 Å². The third-order valence-electron chi connectivity index (χ3n) is 3.89. The Kier molecular flexibility index (Phi) is 6.61. The van der Waals surface area contributed by atoms with Gasteiger partial charge in [0, 0.05) is 0 Å². The average molecular weight is 418 g/mol. The molecule has 0 radical (unpaired) electrons. The molecule has 29 heavy (non-hydrogen) atoms. The first-order chi connectivity index (χ1) is 14.0. The molecule has 3 aromatic rings. The number of benzene rings is 2. The molecule has 9 heteroatoms. The Morgan fingerprint density at radius 1 is 1.21 bits per heavy atom. The fourth-order valence-electron chi connectivity index (χ4n) is 2.59. The molecule has 3 rings (SSSR count). The summed E-state index contributed by atoms with van der Waals surface area (Å²) in [6, 6.07) is 11.1. The summed E-state index contributed by atoms with van der Waals surface area (Å²) >= 11 is 1.22. The van der Waals surface area contributed by atoms with E-state index in [4.69, 9.17) is 14.2 Å². The van der Waals surface area contributed by atoms with Crippen molar-refractivity contribution in [1.29, 1.82) is 0 Å². The molecule has 7 nitrogen and oxygen atoms in total. The van der Waals surface area contributed by atoms with E-state index >= 15 is 0 Å². The summed E-state index contributed by atoms with van der Waals surface area (Å²) in [4.78, 5) is 28.7. The molecule has 0 unspecified atom stereocenters. The van der Waals surface area contributed by atoms with E-state index in [1.165, 1.54) is 29.5 Å². The molecular weight excluding hydrogens is 399 g/mol. The molecule has 0 aliphatic rings. The molecular formula is C20H19FN2O5S. The molecule has 1 aromatic heterocycles. The normalized spacial score (nSPS) is 11.5. The first-order valence-corrected chi connectivity index (χ1v) is 9.61. The van der Waals surface area contributed by atoms with Crippen LogP contribution in [0.2, 0.25) is 0 Å². The number of rotatable bonds is 7. The minimum absolute atomic E-state index is 0.0310. The van der Waals surface area contributed by atoms with Gasteiger partial charge in [0.2, 0.25) is 0 Å². The zero-order chi connectivity index (χ0) is 20.8. The standard InChI is InChI=1S/C20H19FN2O5S/c1-3-27-19(25)11-23-15-9-8-13(26-2)10-17(15)29-20(23)22-18(24)12-28-16-7-5-4-6-14(16)21/h4-10H,3,11-12H2,1-2H3. The van der Waals surface area contributed by atoms with Gasteiger partial charge in [-0.25, -0.2) is 4.39 Å². The van der Waals surface area contributed by atoms with Gasteiger partial charge in [-0.15, -0.1) is 0 Å². The lowest BCUT2D eigenvalue weighted by Crippen LogP contribution is -2.24. The van der Waals surface area contributed by atoms with E-state index in [1.807, 2.05) is 0 Å². The highest BCUT2D eigenvalue weighted by Gasteiger charge is 2.13. The Hall–Kier alpha value is -3.20. The molecule has 0 saturated heterocycles. The average Bonchev–Trinajstić information content (AvgIpc) is 3.03. The van der Waals surface area contributed by atoms with Crippen molar-refractivity contribution in [3.8, 4) is 11.5 Å². The Labute approximate surface area is 170 Å². The van der Waals surface area contributed by atoms with Crippen LogP contribution in [0.1, 0.15) is 6.92 Å². The van der Waals surface area contributed by atoms with Crippen LogP contribution >= 0.6 is 11.3 Å². The Morgan fingerprint density at radius 2 is 2.00 bits per heavy atom. The van der Waals surface area contributed by atoms with Crippen molar-refractivity contribution in [1.82, 2.24) is 4.57 Å². The van der Waals surface area contributed by atoms with Gasteiger partial charge < -0.3 is 18.8 Å². The highest BCUT2D eigenvalue weighted by Crippen LogP contribution is 2.23. The maximum absolute atomic E-state index is 13.6. The zero-order valence-corrected chi connectivity index (χ0v) is 16.7. The van der Waals surface area contributed by atoms with Gasteiger partial charge in [0.1, 0.15) is 12.3 Å². The zero-order valence-electron chi connectivity index (χ0n) is 15.9. The van der Waals surface area contributed by atoms with Crippen LogP contribution in [0.3, 0.4) is 0 Å². The molecule has 1 amide bonds. The number of halogens is 1. The lowest BCUT2D eigenvalue weighted by atomic mass is 10.3. The number of carbonyl (C=O) groups is 2. The van der Waals surface area contributed by atoms with Crippen LogP contribution in [0.4, 0.5) is 4.39 Å². The van der Waals surface area contributed by atoms with E-state index in [2.05, 4.69) is 4.99 Å². The van der Waals surface area contributed by atoms with Gasteiger partial charge in [0.15, 0.2) is 23.0 Å². The summed E-state index contributed by atoms with van der Waals surface area (Å²) in [5.74, 6) is -1.00. The minimum atomic E-state index is -0.607. The predicted molar refractivity (Wildman–Crippen MR) is 105 cm³/mol. The number of hydrogen-bond donors (Lipinski definition) is 0. The number of ether oxygens (including phenoxy) is 3. The molecule has 0 saturated carbocycles. The lowest BCUT2D eigenvalue weighted by Gasteiger charge is -2.06. The number of nitrogens with zero attached hydrogens (tertiary/aromatic N) is 2. The molecule has 0 aliphatic carbocycles. The minimum Gasteiger partial charge on any atom is -0.497 e. The topological polar surface area (TPSA) is 79.1 Å². The first-order valence-electron chi connectivity index (χ1n) is 8.79. The Bertz CT molecular complexity index is 1110. The van der Waals surface area contributed by atoms with Crippen molar-refractivity contribution in [2.45, 2.75) is 13.5 Å². The van der Waals surface area contributed by atoms with Crippen molar-refractivity contribution < 1.29 is 28.2 Å².